The van der Waals surface area contributed by atoms with Crippen LogP contribution in [-0.2, 0) is 10.0 Å². The minimum Gasteiger partial charge on any atom is -0.396 e. The van der Waals surface area contributed by atoms with Crippen LogP contribution in [0.4, 0.5) is 0 Å². The van der Waals surface area contributed by atoms with Gasteiger partial charge in [-0.05, 0) is 37.0 Å². The normalized spacial score (nSPS) is 13.1. The molecule has 0 aliphatic carbocycles. The SMILES string of the molecule is CCC(CCO)CNS(=O)(=O)c1ccc(C)c(C(N)=O)c1. The fraction of sp³-hybridized carbons (Fsp3) is 0.500. The van der Waals surface area contributed by atoms with Crippen LogP contribution in [-0.4, -0.2) is 32.6 Å². The van der Waals surface area contributed by atoms with Crippen molar-refractivity contribution >= 4 is 15.9 Å². The number of nitrogens with one attached hydrogen (secondary N) is 1. The molecule has 0 spiro atoms. The quantitative estimate of drug-likeness (QED) is 0.658. The van der Waals surface area contributed by atoms with Gasteiger partial charge in [-0.25, -0.2) is 13.1 Å². The summed E-state index contributed by atoms with van der Waals surface area (Å²) in [6.45, 7) is 3.90. The van der Waals surface area contributed by atoms with Crippen molar-refractivity contribution in [1.82, 2.24) is 4.72 Å². The minimum absolute atomic E-state index is 0.0146. The summed E-state index contributed by atoms with van der Waals surface area (Å²) in [6, 6.07) is 4.28. The molecule has 6 nitrogen and oxygen atoms in total. The number of nitrogens with two attached hydrogens (primary N) is 1. The molecule has 0 aromatic heterocycles. The predicted molar refractivity (Wildman–Crippen MR) is 80.4 cm³/mol. The van der Waals surface area contributed by atoms with Crippen molar-refractivity contribution in [3.8, 4) is 0 Å². The number of benzene rings is 1. The maximum absolute atomic E-state index is 12.2. The van der Waals surface area contributed by atoms with Crippen molar-refractivity contribution in [1.29, 1.82) is 0 Å². The zero-order chi connectivity index (χ0) is 16.0. The fourth-order valence-corrected chi connectivity index (χ4v) is 3.12. The number of amides is 1. The lowest BCUT2D eigenvalue weighted by molar-refractivity contribution is 0.0999. The monoisotopic (exact) mass is 314 g/mol. The summed E-state index contributed by atoms with van der Waals surface area (Å²) in [4.78, 5) is 11.3. The average molecular weight is 314 g/mol. The number of rotatable bonds is 8. The number of carbonyl (C=O) groups excluding carboxylic acids is 1. The molecule has 0 saturated carbocycles. The van der Waals surface area contributed by atoms with E-state index in [1.165, 1.54) is 12.1 Å². The van der Waals surface area contributed by atoms with Gasteiger partial charge < -0.3 is 10.8 Å². The van der Waals surface area contributed by atoms with Gasteiger partial charge in [0.1, 0.15) is 0 Å². The Kier molecular flexibility index (Phi) is 6.32. The third kappa shape index (κ3) is 4.80. The summed E-state index contributed by atoms with van der Waals surface area (Å²) >= 11 is 0. The van der Waals surface area contributed by atoms with Gasteiger partial charge in [0.25, 0.3) is 0 Å². The van der Waals surface area contributed by atoms with Crippen molar-refractivity contribution in [2.75, 3.05) is 13.2 Å². The second kappa shape index (κ2) is 7.53. The van der Waals surface area contributed by atoms with Gasteiger partial charge in [-0.1, -0.05) is 19.4 Å². The largest absolute Gasteiger partial charge is 0.396 e. The van der Waals surface area contributed by atoms with E-state index in [4.69, 9.17) is 10.8 Å². The molecule has 21 heavy (non-hydrogen) atoms. The number of sulfonamides is 1. The molecule has 0 heterocycles. The standard InChI is InChI=1S/C14H22N2O4S/c1-3-11(6-7-17)9-16-21(19,20)12-5-4-10(2)13(8-12)14(15)18/h4-5,8,11,16-17H,3,6-7,9H2,1-2H3,(H2,15,18). The molecule has 0 bridgehead atoms. The van der Waals surface area contributed by atoms with E-state index in [1.807, 2.05) is 6.92 Å². The van der Waals surface area contributed by atoms with E-state index >= 15 is 0 Å². The third-order valence-corrected chi connectivity index (χ3v) is 4.88. The molecule has 1 rings (SSSR count). The van der Waals surface area contributed by atoms with Gasteiger partial charge in [-0.2, -0.15) is 0 Å². The molecule has 1 amide bonds. The fourth-order valence-electron chi connectivity index (χ4n) is 1.98. The van der Waals surface area contributed by atoms with Gasteiger partial charge >= 0.3 is 0 Å². The molecule has 1 unspecified atom stereocenters. The highest BCUT2D eigenvalue weighted by atomic mass is 32.2. The molecule has 4 N–H and O–H groups in total. The predicted octanol–water partition coefficient (Wildman–Crippen LogP) is 0.781. The topological polar surface area (TPSA) is 109 Å². The Bertz CT molecular complexity index is 599. The lowest BCUT2D eigenvalue weighted by Gasteiger charge is -2.15. The molecule has 0 saturated heterocycles. The van der Waals surface area contributed by atoms with Gasteiger partial charge in [0.15, 0.2) is 0 Å². The smallest absolute Gasteiger partial charge is 0.249 e. The Morgan fingerprint density at radius 1 is 1.43 bits per heavy atom. The first-order chi connectivity index (χ1) is 9.81. The van der Waals surface area contributed by atoms with Crippen LogP contribution in [0, 0.1) is 12.8 Å². The Labute approximate surface area is 125 Å². The van der Waals surface area contributed by atoms with Crippen LogP contribution in [0.5, 0.6) is 0 Å². The number of aliphatic hydroxyl groups excluding tert-OH is 1. The Morgan fingerprint density at radius 3 is 2.62 bits per heavy atom. The van der Waals surface area contributed by atoms with E-state index < -0.39 is 15.9 Å². The Balaban J connectivity index is 2.93. The van der Waals surface area contributed by atoms with Gasteiger partial charge in [0, 0.05) is 18.7 Å². The third-order valence-electron chi connectivity index (χ3n) is 3.46. The van der Waals surface area contributed by atoms with Crippen LogP contribution in [0.2, 0.25) is 0 Å². The van der Waals surface area contributed by atoms with Crippen molar-refractivity contribution in [2.24, 2.45) is 11.7 Å². The second-order valence-electron chi connectivity index (χ2n) is 4.98. The van der Waals surface area contributed by atoms with Gasteiger partial charge in [0.2, 0.25) is 15.9 Å². The molecule has 0 aliphatic rings. The lowest BCUT2D eigenvalue weighted by Crippen LogP contribution is -2.30. The van der Waals surface area contributed by atoms with Crippen LogP contribution in [0.25, 0.3) is 0 Å². The van der Waals surface area contributed by atoms with E-state index in [0.29, 0.717) is 12.0 Å². The van der Waals surface area contributed by atoms with Crippen molar-refractivity contribution < 1.29 is 18.3 Å². The van der Waals surface area contributed by atoms with Gasteiger partial charge in [0.05, 0.1) is 4.90 Å². The molecule has 1 aromatic rings. The summed E-state index contributed by atoms with van der Waals surface area (Å²) in [5, 5.41) is 8.91. The summed E-state index contributed by atoms with van der Waals surface area (Å²) in [5.74, 6) is -0.581. The van der Waals surface area contributed by atoms with E-state index in [2.05, 4.69) is 4.72 Å². The molecule has 1 aromatic carbocycles. The highest BCUT2D eigenvalue weighted by Gasteiger charge is 2.18. The Hall–Kier alpha value is -1.44. The van der Waals surface area contributed by atoms with Crippen molar-refractivity contribution in [3.05, 3.63) is 29.3 Å². The second-order valence-corrected chi connectivity index (χ2v) is 6.75. The van der Waals surface area contributed by atoms with Crippen LogP contribution in [0.15, 0.2) is 23.1 Å². The molecule has 1 atom stereocenters. The first-order valence-electron chi connectivity index (χ1n) is 6.82. The molecule has 0 fully saturated rings. The highest BCUT2D eigenvalue weighted by Crippen LogP contribution is 2.16. The van der Waals surface area contributed by atoms with E-state index in [9.17, 15) is 13.2 Å². The van der Waals surface area contributed by atoms with Crippen molar-refractivity contribution in [3.63, 3.8) is 0 Å². The molecule has 0 aliphatic heterocycles. The summed E-state index contributed by atoms with van der Waals surface area (Å²) in [6.07, 6.45) is 1.31. The molecule has 7 heteroatoms. The zero-order valence-corrected chi connectivity index (χ0v) is 13.1. The van der Waals surface area contributed by atoms with Gasteiger partial charge in [-0.15, -0.1) is 0 Å². The maximum atomic E-state index is 12.2. The molecule has 0 radical (unpaired) electrons. The van der Waals surface area contributed by atoms with E-state index in [0.717, 1.165) is 6.42 Å². The number of hydrogen-bond donors (Lipinski definition) is 3. The first kappa shape index (κ1) is 17.6. The summed E-state index contributed by atoms with van der Waals surface area (Å²) in [5.41, 5.74) is 6.06. The van der Waals surface area contributed by atoms with Crippen molar-refractivity contribution in [2.45, 2.75) is 31.6 Å². The maximum Gasteiger partial charge on any atom is 0.249 e. The number of aryl methyl sites for hydroxylation is 1. The highest BCUT2D eigenvalue weighted by molar-refractivity contribution is 7.89. The molecular formula is C14H22N2O4S. The minimum atomic E-state index is -3.70. The lowest BCUT2D eigenvalue weighted by atomic mass is 10.0. The molecular weight excluding hydrogens is 292 g/mol. The first-order valence-corrected chi connectivity index (χ1v) is 8.31. The number of hydrogen-bond acceptors (Lipinski definition) is 4. The van der Waals surface area contributed by atoms with Gasteiger partial charge in [-0.3, -0.25) is 4.79 Å². The number of aliphatic hydroxyl groups is 1. The van der Waals surface area contributed by atoms with E-state index in [1.54, 1.807) is 13.0 Å². The Morgan fingerprint density at radius 2 is 2.10 bits per heavy atom. The number of carbonyl (C=O) groups is 1. The van der Waals surface area contributed by atoms with Crippen LogP contribution in [0.3, 0.4) is 0 Å². The van der Waals surface area contributed by atoms with Crippen LogP contribution >= 0.6 is 0 Å². The average Bonchev–Trinajstić information content (AvgIpc) is 2.43. The van der Waals surface area contributed by atoms with Crippen LogP contribution < -0.4 is 10.5 Å². The number of primary amides is 1. The summed E-state index contributed by atoms with van der Waals surface area (Å²) < 4.78 is 26.9. The van der Waals surface area contributed by atoms with Crippen LogP contribution in [0.1, 0.15) is 35.7 Å². The molecule has 118 valence electrons. The van der Waals surface area contributed by atoms with E-state index in [-0.39, 0.29) is 29.5 Å². The zero-order valence-electron chi connectivity index (χ0n) is 12.3. The summed E-state index contributed by atoms with van der Waals surface area (Å²) in [7, 11) is -3.70.